The molecular formula is C26H31BO5. The molecule has 0 saturated heterocycles. The number of rotatable bonds is 11. The number of esters is 1. The van der Waals surface area contributed by atoms with E-state index < -0.39 is 17.1 Å². The molecule has 1 atom stereocenters. The van der Waals surface area contributed by atoms with E-state index in [1.54, 1.807) is 26.8 Å². The van der Waals surface area contributed by atoms with Crippen LogP contribution in [0.3, 0.4) is 0 Å². The number of hydrogen-bond acceptors (Lipinski definition) is 5. The summed E-state index contributed by atoms with van der Waals surface area (Å²) in [4.78, 5) is 11.6. The average Bonchev–Trinajstić information content (AvgIpc) is 3.32. The molecule has 5 nitrogen and oxygen atoms in total. The first kappa shape index (κ1) is 23.8. The van der Waals surface area contributed by atoms with Crippen LogP contribution < -0.4 is 4.74 Å². The summed E-state index contributed by atoms with van der Waals surface area (Å²) in [5.74, 6) is 2.42. The van der Waals surface area contributed by atoms with E-state index in [0.717, 1.165) is 30.1 Å². The topological polar surface area (TPSA) is 61.8 Å². The monoisotopic (exact) mass is 434 g/mol. The Morgan fingerprint density at radius 3 is 2.59 bits per heavy atom. The van der Waals surface area contributed by atoms with Crippen LogP contribution in [0.15, 0.2) is 57.9 Å². The van der Waals surface area contributed by atoms with Gasteiger partial charge in [-0.3, -0.25) is 0 Å². The Hall–Kier alpha value is -2.89. The molecule has 0 bridgehead atoms. The van der Waals surface area contributed by atoms with Gasteiger partial charge in [-0.25, -0.2) is 4.79 Å². The van der Waals surface area contributed by atoms with E-state index >= 15 is 0 Å². The Morgan fingerprint density at radius 2 is 1.88 bits per heavy atom. The molecule has 2 aromatic heterocycles. The van der Waals surface area contributed by atoms with Crippen LogP contribution in [0.2, 0.25) is 0 Å². The summed E-state index contributed by atoms with van der Waals surface area (Å²) in [5, 5.41) is 0.940. The number of benzene rings is 1. The van der Waals surface area contributed by atoms with Crippen molar-refractivity contribution in [1.82, 2.24) is 0 Å². The van der Waals surface area contributed by atoms with E-state index in [1.165, 1.54) is 12.8 Å². The maximum Gasteiger partial charge on any atom is 0.330 e. The Balaban J connectivity index is 1.72. The fourth-order valence-corrected chi connectivity index (χ4v) is 3.89. The Bertz CT molecular complexity index is 1070. The highest BCUT2D eigenvalue weighted by molar-refractivity contribution is 6.14. The maximum atomic E-state index is 11.6. The molecule has 0 amide bonds. The molecule has 2 radical (unpaired) electrons. The van der Waals surface area contributed by atoms with E-state index in [9.17, 15) is 4.79 Å². The number of carbonyl (C=O) groups excluding carboxylic acids is 1. The van der Waals surface area contributed by atoms with E-state index in [0.29, 0.717) is 22.9 Å². The van der Waals surface area contributed by atoms with Crippen molar-refractivity contribution in [1.29, 1.82) is 0 Å². The first-order valence-corrected chi connectivity index (χ1v) is 11.1. The summed E-state index contributed by atoms with van der Waals surface area (Å²) < 4.78 is 23.4. The summed E-state index contributed by atoms with van der Waals surface area (Å²) in [7, 11) is 6.36. The fraction of sp³-hybridized carbons (Fsp3) is 0.423. The van der Waals surface area contributed by atoms with E-state index in [-0.39, 0.29) is 6.42 Å². The quantitative estimate of drug-likeness (QED) is 0.148. The number of fused-ring (bicyclic) bond motifs is 1. The molecule has 0 saturated carbocycles. The van der Waals surface area contributed by atoms with Crippen LogP contribution in [0.1, 0.15) is 59.1 Å². The van der Waals surface area contributed by atoms with Crippen LogP contribution >= 0.6 is 0 Å². The van der Waals surface area contributed by atoms with Gasteiger partial charge in [-0.05, 0) is 57.5 Å². The fourth-order valence-electron chi connectivity index (χ4n) is 3.89. The minimum absolute atomic E-state index is 0.286. The van der Waals surface area contributed by atoms with Crippen LogP contribution in [0.25, 0.3) is 22.5 Å². The largest absolute Gasteiger partial charge is 0.497 e. The highest BCUT2D eigenvalue weighted by Gasteiger charge is 2.32. The zero-order valence-electron chi connectivity index (χ0n) is 19.4. The van der Waals surface area contributed by atoms with Gasteiger partial charge in [-0.2, -0.15) is 0 Å². The van der Waals surface area contributed by atoms with Gasteiger partial charge < -0.3 is 18.3 Å². The second-order valence-electron chi connectivity index (χ2n) is 9.01. The number of hydrogen-bond donors (Lipinski definition) is 0. The van der Waals surface area contributed by atoms with Gasteiger partial charge in [0.25, 0.3) is 0 Å². The summed E-state index contributed by atoms with van der Waals surface area (Å²) >= 11 is 0. The third kappa shape index (κ3) is 6.31. The zero-order chi connectivity index (χ0) is 23.4. The van der Waals surface area contributed by atoms with Crippen molar-refractivity contribution in [2.45, 2.75) is 70.9 Å². The number of aryl methyl sites for hydroxylation is 1. The lowest BCUT2D eigenvalue weighted by atomic mass is 9.75. The normalized spacial score (nSPS) is 13.6. The van der Waals surface area contributed by atoms with E-state index in [1.807, 2.05) is 30.3 Å². The van der Waals surface area contributed by atoms with Crippen LogP contribution in [0, 0.1) is 0 Å². The minimum atomic E-state index is -1.07. The zero-order valence-corrected chi connectivity index (χ0v) is 19.4. The molecule has 32 heavy (non-hydrogen) atoms. The predicted molar refractivity (Wildman–Crippen MR) is 127 cm³/mol. The van der Waals surface area contributed by atoms with E-state index in [4.69, 9.17) is 26.2 Å². The third-order valence-electron chi connectivity index (χ3n) is 5.09. The van der Waals surface area contributed by atoms with Crippen molar-refractivity contribution in [3.8, 4) is 17.3 Å². The summed E-state index contributed by atoms with van der Waals surface area (Å²) in [6.07, 6.45) is 5.84. The maximum absolute atomic E-state index is 11.6. The van der Waals surface area contributed by atoms with Crippen LogP contribution in [0.5, 0.6) is 5.75 Å². The van der Waals surface area contributed by atoms with Gasteiger partial charge in [0.2, 0.25) is 0 Å². The molecule has 0 aliphatic carbocycles. The molecule has 0 aliphatic heterocycles. The van der Waals surface area contributed by atoms with Crippen LogP contribution in [0.4, 0.5) is 0 Å². The van der Waals surface area contributed by atoms with Crippen LogP contribution in [-0.2, 0) is 16.0 Å². The summed E-state index contributed by atoms with van der Waals surface area (Å²) in [6.45, 7) is 10.9. The second kappa shape index (κ2) is 9.72. The van der Waals surface area contributed by atoms with Crippen LogP contribution in [-0.4, -0.2) is 24.9 Å². The summed E-state index contributed by atoms with van der Waals surface area (Å²) in [6, 6.07) is 11.5. The Morgan fingerprint density at radius 1 is 1.09 bits per heavy atom. The molecule has 2 heterocycles. The minimum Gasteiger partial charge on any atom is -0.497 e. The van der Waals surface area contributed by atoms with Gasteiger partial charge in [-0.1, -0.05) is 26.3 Å². The Labute approximate surface area is 191 Å². The van der Waals surface area contributed by atoms with Crippen molar-refractivity contribution in [3.05, 3.63) is 54.8 Å². The Kier molecular flexibility index (Phi) is 7.22. The second-order valence-corrected chi connectivity index (χ2v) is 9.01. The molecule has 3 rings (SSSR count). The average molecular weight is 434 g/mol. The van der Waals surface area contributed by atoms with Gasteiger partial charge in [0.05, 0.1) is 5.50 Å². The number of furan rings is 2. The molecule has 1 unspecified atom stereocenters. The first-order valence-electron chi connectivity index (χ1n) is 11.1. The predicted octanol–water partition coefficient (Wildman–Crippen LogP) is 6.59. The standard InChI is InChI=1S/C26H31BO5/c1-6-8-9-10-19-13-14-21(29-19)23-15-18-11-12-20(16-22(18)30-23)31-26(5,27)17-25(3,4)32-24(28)7-2/h7,11-16H,2,6,8-10,17H2,1,3-5H3. The highest BCUT2D eigenvalue weighted by Crippen LogP contribution is 2.33. The van der Waals surface area contributed by atoms with Crippen molar-refractivity contribution >= 4 is 24.8 Å². The van der Waals surface area contributed by atoms with Gasteiger partial charge in [0.1, 0.15) is 30.5 Å². The number of carbonyl (C=O) groups is 1. The molecule has 6 heteroatoms. The molecule has 168 valence electrons. The molecule has 0 spiro atoms. The summed E-state index contributed by atoms with van der Waals surface area (Å²) in [5.41, 5.74) is -1.21. The van der Waals surface area contributed by atoms with Crippen molar-refractivity contribution in [3.63, 3.8) is 0 Å². The highest BCUT2D eigenvalue weighted by atomic mass is 16.6. The van der Waals surface area contributed by atoms with Crippen molar-refractivity contribution < 1.29 is 23.1 Å². The molecule has 1 aromatic carbocycles. The lowest BCUT2D eigenvalue weighted by Crippen LogP contribution is -2.43. The van der Waals surface area contributed by atoms with Gasteiger partial charge in [-0.15, -0.1) is 0 Å². The number of unbranched alkanes of at least 4 members (excludes halogenated alkanes) is 2. The smallest absolute Gasteiger partial charge is 0.330 e. The van der Waals surface area contributed by atoms with Crippen molar-refractivity contribution in [2.75, 3.05) is 0 Å². The molecule has 0 fully saturated rings. The molecule has 0 N–H and O–H groups in total. The van der Waals surface area contributed by atoms with Gasteiger partial charge in [0.15, 0.2) is 11.5 Å². The molecular weight excluding hydrogens is 403 g/mol. The van der Waals surface area contributed by atoms with Gasteiger partial charge in [0, 0.05) is 30.4 Å². The molecule has 0 aliphatic rings. The van der Waals surface area contributed by atoms with E-state index in [2.05, 4.69) is 13.5 Å². The van der Waals surface area contributed by atoms with Crippen molar-refractivity contribution in [2.24, 2.45) is 0 Å². The third-order valence-corrected chi connectivity index (χ3v) is 5.09. The first-order chi connectivity index (χ1) is 15.1. The lowest BCUT2D eigenvalue weighted by molar-refractivity contribution is -0.152. The lowest BCUT2D eigenvalue weighted by Gasteiger charge is -2.35. The SMILES string of the molecule is [B]C(C)(CC(C)(C)OC(=O)C=C)Oc1ccc2cc(-c3ccc(CCCCC)o3)oc2c1. The molecule has 3 aromatic rings. The number of ether oxygens (including phenoxy) is 2. The van der Waals surface area contributed by atoms with Gasteiger partial charge >= 0.3 is 5.97 Å².